The number of ether oxygens (including phenoxy) is 2. The highest BCUT2D eigenvalue weighted by Crippen LogP contribution is 1.97. The maximum atomic E-state index is 10.9. The zero-order valence-electron chi connectivity index (χ0n) is 8.78. The Morgan fingerprint density at radius 1 is 1.57 bits per heavy atom. The molecule has 4 nitrogen and oxygen atoms in total. The monoisotopic (exact) mass is 202 g/mol. The van der Waals surface area contributed by atoms with Crippen LogP contribution in [0.25, 0.3) is 0 Å². The van der Waals surface area contributed by atoms with E-state index in [0.717, 1.165) is 5.57 Å². The van der Waals surface area contributed by atoms with Gasteiger partial charge in [0.2, 0.25) is 0 Å². The minimum Gasteiger partial charge on any atom is -0.466 e. The highest BCUT2D eigenvalue weighted by molar-refractivity contribution is 5.69. The molecule has 0 saturated carbocycles. The van der Waals surface area contributed by atoms with E-state index in [9.17, 15) is 9.90 Å². The Morgan fingerprint density at radius 3 is 2.71 bits per heavy atom. The van der Waals surface area contributed by atoms with Crippen LogP contribution >= 0.6 is 0 Å². The van der Waals surface area contributed by atoms with E-state index in [4.69, 9.17) is 4.74 Å². The molecule has 0 bridgehead atoms. The molecule has 0 aromatic rings. The summed E-state index contributed by atoms with van der Waals surface area (Å²) in [6.07, 6.45) is -0.822. The summed E-state index contributed by atoms with van der Waals surface area (Å²) in [5.74, 6) is -0.404. The van der Waals surface area contributed by atoms with Gasteiger partial charge >= 0.3 is 5.97 Å². The van der Waals surface area contributed by atoms with Gasteiger partial charge in [-0.15, -0.1) is 0 Å². The highest BCUT2D eigenvalue weighted by Gasteiger charge is 2.11. The molecule has 0 radical (unpaired) electrons. The minimum absolute atomic E-state index is 0.0238. The van der Waals surface area contributed by atoms with Crippen LogP contribution in [-0.4, -0.2) is 37.0 Å². The molecule has 0 heterocycles. The summed E-state index contributed by atoms with van der Waals surface area (Å²) in [5.41, 5.74) is 0.883. The van der Waals surface area contributed by atoms with E-state index >= 15 is 0 Å². The predicted octanol–water partition coefficient (Wildman–Crippen LogP) is 0.893. The molecule has 0 fully saturated rings. The average Bonchev–Trinajstić information content (AvgIpc) is 2.03. The normalized spacial score (nSPS) is 12.2. The Morgan fingerprint density at radius 2 is 2.21 bits per heavy atom. The molecule has 4 heteroatoms. The number of aliphatic hydroxyl groups excluding tert-OH is 1. The van der Waals surface area contributed by atoms with Gasteiger partial charge in [0.15, 0.2) is 0 Å². The van der Waals surface area contributed by atoms with E-state index in [1.165, 1.54) is 0 Å². The van der Waals surface area contributed by atoms with Crippen LogP contribution in [0.5, 0.6) is 0 Å². The van der Waals surface area contributed by atoms with Crippen molar-refractivity contribution in [1.29, 1.82) is 0 Å². The third kappa shape index (κ3) is 7.76. The Hall–Kier alpha value is -0.870. The lowest BCUT2D eigenvalue weighted by Gasteiger charge is -2.10. The summed E-state index contributed by atoms with van der Waals surface area (Å²) in [7, 11) is 0. The van der Waals surface area contributed by atoms with Crippen molar-refractivity contribution in [3.05, 3.63) is 12.2 Å². The molecule has 1 N–H and O–H groups in total. The first-order chi connectivity index (χ1) is 6.56. The zero-order chi connectivity index (χ0) is 11.0. The molecule has 0 saturated heterocycles. The van der Waals surface area contributed by atoms with E-state index in [1.54, 1.807) is 6.92 Å². The molecule has 0 aliphatic carbocycles. The van der Waals surface area contributed by atoms with Crippen molar-refractivity contribution < 1.29 is 19.4 Å². The van der Waals surface area contributed by atoms with Gasteiger partial charge in [-0.25, -0.2) is 0 Å². The molecule has 0 aliphatic rings. The van der Waals surface area contributed by atoms with Crippen LogP contribution < -0.4 is 0 Å². The van der Waals surface area contributed by atoms with Gasteiger partial charge in [-0.3, -0.25) is 4.79 Å². The van der Waals surface area contributed by atoms with Crippen LogP contribution in [0.2, 0.25) is 0 Å². The van der Waals surface area contributed by atoms with Gasteiger partial charge in [-0.2, -0.15) is 0 Å². The molecular weight excluding hydrogens is 184 g/mol. The predicted molar refractivity (Wildman–Crippen MR) is 52.9 cm³/mol. The Kier molecular flexibility index (Phi) is 7.06. The molecule has 1 unspecified atom stereocenters. The van der Waals surface area contributed by atoms with Gasteiger partial charge in [0, 0.05) is 0 Å². The molecule has 0 spiro atoms. The second kappa shape index (κ2) is 7.53. The maximum absolute atomic E-state index is 10.9. The average molecular weight is 202 g/mol. The van der Waals surface area contributed by atoms with Gasteiger partial charge in [0.05, 0.1) is 32.3 Å². The van der Waals surface area contributed by atoms with Gasteiger partial charge < -0.3 is 14.6 Å². The van der Waals surface area contributed by atoms with Crippen molar-refractivity contribution in [3.63, 3.8) is 0 Å². The largest absolute Gasteiger partial charge is 0.466 e. The third-order valence-corrected chi connectivity index (χ3v) is 1.37. The highest BCUT2D eigenvalue weighted by atomic mass is 16.5. The summed E-state index contributed by atoms with van der Waals surface area (Å²) < 4.78 is 9.75. The molecular formula is C10H18O4. The van der Waals surface area contributed by atoms with Crippen LogP contribution in [0, 0.1) is 0 Å². The van der Waals surface area contributed by atoms with Gasteiger partial charge in [0.25, 0.3) is 0 Å². The Balaban J connectivity index is 3.49. The van der Waals surface area contributed by atoms with Crippen molar-refractivity contribution in [2.45, 2.75) is 26.4 Å². The van der Waals surface area contributed by atoms with E-state index < -0.39 is 12.1 Å². The first kappa shape index (κ1) is 13.1. The molecule has 0 aromatic heterocycles. The van der Waals surface area contributed by atoms with Crippen LogP contribution in [0.15, 0.2) is 12.2 Å². The fourth-order valence-electron chi connectivity index (χ4n) is 0.840. The zero-order valence-corrected chi connectivity index (χ0v) is 8.78. The summed E-state index contributed by atoms with van der Waals surface area (Å²) in [4.78, 5) is 10.9. The van der Waals surface area contributed by atoms with Crippen molar-refractivity contribution >= 4 is 5.97 Å². The number of rotatable bonds is 7. The number of aliphatic hydroxyl groups is 1. The van der Waals surface area contributed by atoms with Crippen LogP contribution in [-0.2, 0) is 14.3 Å². The lowest BCUT2D eigenvalue weighted by Crippen LogP contribution is -2.21. The van der Waals surface area contributed by atoms with Gasteiger partial charge in [-0.1, -0.05) is 12.2 Å². The maximum Gasteiger partial charge on any atom is 0.308 e. The molecule has 14 heavy (non-hydrogen) atoms. The lowest BCUT2D eigenvalue weighted by atomic mass is 10.3. The smallest absolute Gasteiger partial charge is 0.308 e. The second-order valence-electron chi connectivity index (χ2n) is 3.14. The molecule has 0 rings (SSSR count). The summed E-state index contributed by atoms with van der Waals surface area (Å²) in [6, 6.07) is 0. The molecule has 0 aliphatic heterocycles. The van der Waals surface area contributed by atoms with E-state index in [2.05, 4.69) is 11.3 Å². The molecule has 0 amide bonds. The first-order valence-electron chi connectivity index (χ1n) is 4.62. The Labute approximate surface area is 84.5 Å². The molecule has 1 atom stereocenters. The topological polar surface area (TPSA) is 55.8 Å². The molecule has 0 aromatic carbocycles. The summed E-state index contributed by atoms with van der Waals surface area (Å²) in [5, 5.41) is 9.30. The number of carbonyl (C=O) groups excluding carboxylic acids is 1. The number of hydrogen-bond acceptors (Lipinski definition) is 4. The number of hydrogen-bond donors (Lipinski definition) is 1. The van der Waals surface area contributed by atoms with Gasteiger partial charge in [0.1, 0.15) is 0 Å². The number of carbonyl (C=O) groups is 1. The second-order valence-corrected chi connectivity index (χ2v) is 3.14. The van der Waals surface area contributed by atoms with Crippen molar-refractivity contribution in [2.75, 3.05) is 19.8 Å². The summed E-state index contributed by atoms with van der Waals surface area (Å²) >= 11 is 0. The Bertz CT molecular complexity index is 189. The minimum atomic E-state index is -0.798. The SMILES string of the molecule is C=C(C)COCC(O)CC(=O)OCC. The number of esters is 1. The van der Waals surface area contributed by atoms with Crippen LogP contribution in [0.4, 0.5) is 0 Å². The fraction of sp³-hybridized carbons (Fsp3) is 0.700. The van der Waals surface area contributed by atoms with E-state index in [-0.39, 0.29) is 13.0 Å². The standard InChI is InChI=1S/C10H18O4/c1-4-14-10(12)5-9(11)7-13-6-8(2)3/h9,11H,2,4-7H2,1,3H3. The van der Waals surface area contributed by atoms with E-state index in [0.29, 0.717) is 13.2 Å². The van der Waals surface area contributed by atoms with Gasteiger partial charge in [-0.05, 0) is 13.8 Å². The van der Waals surface area contributed by atoms with E-state index in [1.807, 2.05) is 6.92 Å². The molecule has 82 valence electrons. The quantitative estimate of drug-likeness (QED) is 0.492. The fourth-order valence-corrected chi connectivity index (χ4v) is 0.840. The van der Waals surface area contributed by atoms with Crippen molar-refractivity contribution in [2.24, 2.45) is 0 Å². The third-order valence-electron chi connectivity index (χ3n) is 1.37. The van der Waals surface area contributed by atoms with Crippen LogP contribution in [0.1, 0.15) is 20.3 Å². The lowest BCUT2D eigenvalue weighted by molar-refractivity contribution is -0.146. The first-order valence-corrected chi connectivity index (χ1v) is 4.62. The summed E-state index contributed by atoms with van der Waals surface area (Å²) in [6.45, 7) is 8.06. The van der Waals surface area contributed by atoms with Crippen molar-refractivity contribution in [1.82, 2.24) is 0 Å². The van der Waals surface area contributed by atoms with Crippen molar-refractivity contribution in [3.8, 4) is 0 Å². The van der Waals surface area contributed by atoms with Crippen LogP contribution in [0.3, 0.4) is 0 Å².